The second kappa shape index (κ2) is 8.62. The van der Waals surface area contributed by atoms with Gasteiger partial charge in [-0.15, -0.1) is 11.6 Å². The number of rotatable bonds is 5. The highest BCUT2D eigenvalue weighted by molar-refractivity contribution is 6.27. The van der Waals surface area contributed by atoms with E-state index < -0.39 is 11.6 Å². The van der Waals surface area contributed by atoms with Crippen LogP contribution in [0.4, 0.5) is 14.5 Å². The predicted molar refractivity (Wildman–Crippen MR) is 96.7 cm³/mol. The summed E-state index contributed by atoms with van der Waals surface area (Å²) in [7, 11) is 0. The van der Waals surface area contributed by atoms with E-state index in [9.17, 15) is 13.6 Å². The van der Waals surface area contributed by atoms with Crippen molar-refractivity contribution in [3.8, 4) is 0 Å². The van der Waals surface area contributed by atoms with Crippen LogP contribution < -0.4 is 10.6 Å². The molecule has 0 bridgehead atoms. The Morgan fingerprint density at radius 2 is 1.96 bits per heavy atom. The van der Waals surface area contributed by atoms with E-state index in [2.05, 4.69) is 11.6 Å². The molecule has 5 nitrogen and oxygen atoms in total. The molecule has 1 aliphatic rings. The van der Waals surface area contributed by atoms with E-state index in [-0.39, 0.29) is 28.7 Å². The average molecular weight is 369 g/mol. The van der Waals surface area contributed by atoms with Crippen molar-refractivity contribution < 1.29 is 13.6 Å². The Kier molecular flexibility index (Phi) is 6.52. The van der Waals surface area contributed by atoms with E-state index in [1.54, 1.807) is 9.80 Å². The lowest BCUT2D eigenvalue weighted by atomic mass is 10.1. The third-order valence-electron chi connectivity index (χ3n) is 3.86. The Hall–Kier alpha value is -2.41. The van der Waals surface area contributed by atoms with Gasteiger partial charge in [0.25, 0.3) is 0 Å². The first-order valence-electron chi connectivity index (χ1n) is 7.66. The lowest BCUT2D eigenvalue weighted by molar-refractivity contribution is -0.128. The van der Waals surface area contributed by atoms with Gasteiger partial charge >= 0.3 is 0 Å². The van der Waals surface area contributed by atoms with Crippen LogP contribution in [-0.4, -0.2) is 49.1 Å². The van der Waals surface area contributed by atoms with Gasteiger partial charge in [0.05, 0.1) is 11.4 Å². The quantitative estimate of drug-likeness (QED) is 0.641. The summed E-state index contributed by atoms with van der Waals surface area (Å²) < 4.78 is 28.8. The third-order valence-corrected chi connectivity index (χ3v) is 4.09. The van der Waals surface area contributed by atoms with E-state index in [1.165, 1.54) is 18.5 Å². The lowest BCUT2D eigenvalue weighted by Crippen LogP contribution is -2.49. The van der Waals surface area contributed by atoms with Crippen LogP contribution in [0.5, 0.6) is 0 Å². The van der Waals surface area contributed by atoms with Gasteiger partial charge in [-0.1, -0.05) is 6.58 Å². The Morgan fingerprint density at radius 1 is 1.28 bits per heavy atom. The van der Waals surface area contributed by atoms with Crippen LogP contribution in [0.3, 0.4) is 0 Å². The summed E-state index contributed by atoms with van der Waals surface area (Å²) in [5, 5.41) is 0. The number of amides is 1. The molecule has 1 aromatic carbocycles. The second-order valence-corrected chi connectivity index (χ2v) is 5.66. The van der Waals surface area contributed by atoms with Crippen LogP contribution in [0.15, 0.2) is 36.0 Å². The Bertz CT molecular complexity index is 713. The number of alkyl halides is 1. The normalized spacial score (nSPS) is 15.3. The molecule has 134 valence electrons. The Labute approximate surface area is 150 Å². The van der Waals surface area contributed by atoms with Gasteiger partial charge in [-0.05, 0) is 18.3 Å². The van der Waals surface area contributed by atoms with E-state index >= 15 is 0 Å². The van der Waals surface area contributed by atoms with Crippen molar-refractivity contribution >= 4 is 35.1 Å². The molecule has 1 heterocycles. The summed E-state index contributed by atoms with van der Waals surface area (Å²) >= 11 is 5.53. The van der Waals surface area contributed by atoms with Gasteiger partial charge in [-0.25, -0.2) is 8.78 Å². The minimum Gasteiger partial charge on any atom is -0.405 e. The van der Waals surface area contributed by atoms with Crippen LogP contribution >= 0.6 is 11.6 Å². The number of anilines is 1. The minimum atomic E-state index is -0.616. The second-order valence-electron chi connectivity index (χ2n) is 5.39. The van der Waals surface area contributed by atoms with E-state index in [4.69, 9.17) is 17.3 Å². The first kappa shape index (κ1) is 18.9. The summed E-state index contributed by atoms with van der Waals surface area (Å²) in [6.07, 6.45) is 4.07. The van der Waals surface area contributed by atoms with Crippen LogP contribution in [0, 0.1) is 11.6 Å². The van der Waals surface area contributed by atoms with E-state index in [0.717, 1.165) is 12.1 Å². The number of carbonyl (C=O) groups is 1. The molecular formula is C17H19ClF2N4O. The van der Waals surface area contributed by atoms with Crippen LogP contribution in [0.2, 0.25) is 0 Å². The maximum Gasteiger partial charge on any atom is 0.237 e. The first-order valence-corrected chi connectivity index (χ1v) is 8.19. The number of nitrogens with zero attached hydrogens (tertiary/aromatic N) is 3. The molecule has 0 aliphatic carbocycles. The van der Waals surface area contributed by atoms with Crippen molar-refractivity contribution in [2.75, 3.05) is 37.0 Å². The van der Waals surface area contributed by atoms with Gasteiger partial charge in [0.15, 0.2) is 0 Å². The minimum absolute atomic E-state index is 0.0149. The molecule has 1 saturated heterocycles. The largest absolute Gasteiger partial charge is 0.405 e. The van der Waals surface area contributed by atoms with Gasteiger partial charge in [0.2, 0.25) is 5.91 Å². The average Bonchev–Trinajstić information content (AvgIpc) is 2.63. The van der Waals surface area contributed by atoms with Crippen molar-refractivity contribution in [2.45, 2.75) is 0 Å². The highest BCUT2D eigenvalue weighted by Crippen LogP contribution is 2.28. The van der Waals surface area contributed by atoms with Gasteiger partial charge in [0.1, 0.15) is 17.5 Å². The monoisotopic (exact) mass is 368 g/mol. The SMILES string of the molecule is C=C(/N=C\C=C/N)c1cc(F)c(N2CCN(C(=O)CCl)CC2)cc1F. The maximum atomic E-state index is 14.4. The lowest BCUT2D eigenvalue weighted by Gasteiger charge is -2.36. The van der Waals surface area contributed by atoms with Gasteiger partial charge < -0.3 is 15.5 Å². The topological polar surface area (TPSA) is 61.9 Å². The fourth-order valence-corrected chi connectivity index (χ4v) is 2.70. The molecule has 1 amide bonds. The summed E-state index contributed by atoms with van der Waals surface area (Å²) in [6.45, 7) is 5.26. The molecule has 1 aromatic rings. The fourth-order valence-electron chi connectivity index (χ4n) is 2.53. The van der Waals surface area contributed by atoms with Crippen molar-refractivity contribution in [1.29, 1.82) is 0 Å². The van der Waals surface area contributed by atoms with Gasteiger partial charge in [0, 0.05) is 44.0 Å². The third kappa shape index (κ3) is 4.57. The van der Waals surface area contributed by atoms with E-state index in [1.807, 2.05) is 0 Å². The zero-order valence-electron chi connectivity index (χ0n) is 13.6. The molecule has 1 fully saturated rings. The number of halogens is 3. The van der Waals surface area contributed by atoms with Crippen molar-refractivity contribution in [2.24, 2.45) is 10.7 Å². The first-order chi connectivity index (χ1) is 12.0. The molecule has 2 rings (SSSR count). The number of hydrogen-bond donors (Lipinski definition) is 1. The number of nitrogens with two attached hydrogens (primary N) is 1. The van der Waals surface area contributed by atoms with Crippen molar-refractivity contribution in [1.82, 2.24) is 4.90 Å². The summed E-state index contributed by atoms with van der Waals surface area (Å²) in [6, 6.07) is 2.20. The number of carbonyl (C=O) groups excluding carboxylic acids is 1. The molecule has 0 atom stereocenters. The molecule has 0 unspecified atom stereocenters. The molecule has 25 heavy (non-hydrogen) atoms. The highest BCUT2D eigenvalue weighted by Gasteiger charge is 2.23. The zero-order chi connectivity index (χ0) is 18.4. The number of piperazine rings is 1. The summed E-state index contributed by atoms with van der Waals surface area (Å²) in [5.41, 5.74) is 5.41. The molecule has 0 saturated carbocycles. The molecule has 0 radical (unpaired) electrons. The molecule has 1 aliphatic heterocycles. The summed E-state index contributed by atoms with van der Waals surface area (Å²) in [4.78, 5) is 18.8. The fraction of sp³-hybridized carbons (Fsp3) is 0.294. The number of hydrogen-bond acceptors (Lipinski definition) is 4. The molecule has 8 heteroatoms. The Balaban J connectivity index is 2.15. The van der Waals surface area contributed by atoms with Crippen LogP contribution in [0.1, 0.15) is 5.56 Å². The van der Waals surface area contributed by atoms with Crippen LogP contribution in [0.25, 0.3) is 5.70 Å². The molecule has 0 aromatic heterocycles. The van der Waals surface area contributed by atoms with Crippen molar-refractivity contribution in [3.05, 3.63) is 48.2 Å². The maximum absolute atomic E-state index is 14.4. The smallest absolute Gasteiger partial charge is 0.237 e. The number of allylic oxidation sites excluding steroid dienone is 1. The molecule has 2 N–H and O–H groups in total. The molecule has 0 spiro atoms. The number of benzene rings is 1. The van der Waals surface area contributed by atoms with Gasteiger partial charge in [-0.2, -0.15) is 0 Å². The standard InChI is InChI=1S/C17H19ClF2N4O/c1-12(22-4-2-3-21)13-9-15(20)16(10-14(13)19)23-5-7-24(8-6-23)17(25)11-18/h2-4,9-10H,1,5-8,11,21H2/b3-2-,22-4-. The summed E-state index contributed by atoms with van der Waals surface area (Å²) in [5.74, 6) is -1.43. The Morgan fingerprint density at radius 3 is 2.56 bits per heavy atom. The zero-order valence-corrected chi connectivity index (χ0v) is 14.3. The predicted octanol–water partition coefficient (Wildman–Crippen LogP) is 2.37. The number of aliphatic imine (C=N–C) groups is 1. The van der Waals surface area contributed by atoms with Crippen LogP contribution in [-0.2, 0) is 4.79 Å². The van der Waals surface area contributed by atoms with E-state index in [0.29, 0.717) is 26.2 Å². The molecular weight excluding hydrogens is 350 g/mol. The van der Waals surface area contributed by atoms with Crippen molar-refractivity contribution in [3.63, 3.8) is 0 Å². The highest BCUT2D eigenvalue weighted by atomic mass is 35.5. The van der Waals surface area contributed by atoms with Gasteiger partial charge in [-0.3, -0.25) is 9.79 Å².